The summed E-state index contributed by atoms with van der Waals surface area (Å²) in [5.41, 5.74) is 5.61. The van der Waals surface area contributed by atoms with Crippen LogP contribution < -0.4 is 21.5 Å². The highest BCUT2D eigenvalue weighted by atomic mass is 32.2. The van der Waals surface area contributed by atoms with Crippen LogP contribution >= 0.6 is 0 Å². The SMILES string of the molecule is N=C(N)c1cccc(C(=O)NC2(OC(=O)Nc3ccc(-c4ccccc4S(N)(=O)=O)cc3)CCS(=O)(=O)CC2)c1. The molecule has 4 rings (SSSR count). The lowest BCUT2D eigenvalue weighted by Crippen LogP contribution is -2.56. The molecule has 40 heavy (non-hydrogen) atoms. The standard InChI is InChI=1S/C26H27N5O7S2/c27-23(28)18-4-3-5-19(16-18)24(32)31-26(12-14-39(34,35)15-13-26)38-25(33)30-20-10-8-17(9-11-20)21-6-1-2-7-22(21)40(29,36)37/h1-11,16H,12-15H2,(H3,27,28)(H,30,33)(H,31,32)(H2,29,36,37). The normalized spacial score (nSPS) is 15.9. The van der Waals surface area contributed by atoms with Crippen molar-refractivity contribution in [2.75, 3.05) is 16.8 Å². The van der Waals surface area contributed by atoms with Crippen LogP contribution in [0.1, 0.15) is 28.8 Å². The van der Waals surface area contributed by atoms with E-state index in [0.29, 0.717) is 22.4 Å². The molecule has 0 unspecified atom stereocenters. The molecule has 0 atom stereocenters. The average Bonchev–Trinajstić information content (AvgIpc) is 2.90. The second kappa shape index (κ2) is 11.1. The van der Waals surface area contributed by atoms with Crippen molar-refractivity contribution in [3.63, 3.8) is 0 Å². The number of hydrogen-bond donors (Lipinski definition) is 5. The monoisotopic (exact) mass is 585 g/mol. The first-order valence-electron chi connectivity index (χ1n) is 12.0. The number of rotatable bonds is 7. The minimum Gasteiger partial charge on any atom is -0.423 e. The lowest BCUT2D eigenvalue weighted by molar-refractivity contribution is -0.0123. The maximum absolute atomic E-state index is 13.0. The molecule has 7 N–H and O–H groups in total. The lowest BCUT2D eigenvalue weighted by atomic mass is 10.0. The van der Waals surface area contributed by atoms with Crippen LogP contribution in [0.2, 0.25) is 0 Å². The van der Waals surface area contributed by atoms with Crippen LogP contribution in [0.4, 0.5) is 10.5 Å². The largest absolute Gasteiger partial charge is 0.423 e. The Hall–Kier alpha value is -4.27. The number of primary sulfonamides is 1. The van der Waals surface area contributed by atoms with Crippen LogP contribution in [0.25, 0.3) is 11.1 Å². The van der Waals surface area contributed by atoms with Gasteiger partial charge in [0.05, 0.1) is 16.4 Å². The number of benzene rings is 3. The Morgan fingerprint density at radius 2 is 1.55 bits per heavy atom. The van der Waals surface area contributed by atoms with Crippen molar-refractivity contribution in [1.29, 1.82) is 5.41 Å². The van der Waals surface area contributed by atoms with E-state index >= 15 is 0 Å². The van der Waals surface area contributed by atoms with Gasteiger partial charge in [-0.3, -0.25) is 15.5 Å². The summed E-state index contributed by atoms with van der Waals surface area (Å²) in [6, 6.07) is 18.5. The number of nitrogens with one attached hydrogen (secondary N) is 3. The van der Waals surface area contributed by atoms with Gasteiger partial charge in [0.2, 0.25) is 10.0 Å². The predicted octanol–water partition coefficient (Wildman–Crippen LogP) is 2.17. The molecule has 0 aromatic heterocycles. The number of amidine groups is 1. The van der Waals surface area contributed by atoms with E-state index in [1.54, 1.807) is 42.5 Å². The number of nitrogens with two attached hydrogens (primary N) is 2. The molecular formula is C26H27N5O7S2. The van der Waals surface area contributed by atoms with Gasteiger partial charge < -0.3 is 15.8 Å². The molecule has 0 spiro atoms. The summed E-state index contributed by atoms with van der Waals surface area (Å²) in [4.78, 5) is 25.9. The number of sulfonamides is 1. The summed E-state index contributed by atoms with van der Waals surface area (Å²) in [5, 5.41) is 18.1. The maximum atomic E-state index is 13.0. The zero-order chi connectivity index (χ0) is 29.1. The fourth-order valence-corrected chi connectivity index (χ4v) is 6.48. The number of ether oxygens (including phenoxy) is 1. The summed E-state index contributed by atoms with van der Waals surface area (Å²) >= 11 is 0. The van der Waals surface area contributed by atoms with Gasteiger partial charge in [-0.05, 0) is 35.9 Å². The molecule has 14 heteroatoms. The highest BCUT2D eigenvalue weighted by Crippen LogP contribution is 2.29. The zero-order valence-electron chi connectivity index (χ0n) is 21.1. The third-order valence-corrected chi connectivity index (χ3v) is 8.96. The molecular weight excluding hydrogens is 558 g/mol. The third kappa shape index (κ3) is 6.83. The molecule has 1 aliphatic rings. The molecule has 0 radical (unpaired) electrons. The van der Waals surface area contributed by atoms with E-state index in [1.165, 1.54) is 30.3 Å². The Morgan fingerprint density at radius 1 is 0.925 bits per heavy atom. The van der Waals surface area contributed by atoms with Crippen LogP contribution in [0.3, 0.4) is 0 Å². The third-order valence-electron chi connectivity index (χ3n) is 6.33. The van der Waals surface area contributed by atoms with E-state index in [0.717, 1.165) is 0 Å². The van der Waals surface area contributed by atoms with E-state index < -0.39 is 37.6 Å². The zero-order valence-corrected chi connectivity index (χ0v) is 22.7. The van der Waals surface area contributed by atoms with Gasteiger partial charge in [0.15, 0.2) is 15.6 Å². The molecule has 12 nitrogen and oxygen atoms in total. The minimum absolute atomic E-state index is 0.0473. The number of nitrogen functional groups attached to an aromatic ring is 1. The molecule has 1 aliphatic heterocycles. The molecule has 210 valence electrons. The Balaban J connectivity index is 1.51. The fourth-order valence-electron chi connectivity index (χ4n) is 4.23. The lowest BCUT2D eigenvalue weighted by Gasteiger charge is -2.37. The van der Waals surface area contributed by atoms with Crippen LogP contribution in [-0.2, 0) is 24.6 Å². The van der Waals surface area contributed by atoms with E-state index in [9.17, 15) is 26.4 Å². The summed E-state index contributed by atoms with van der Waals surface area (Å²) in [6.45, 7) is 0. The molecule has 1 fully saturated rings. The summed E-state index contributed by atoms with van der Waals surface area (Å²) in [6.07, 6.45) is -1.26. The van der Waals surface area contributed by atoms with Crippen LogP contribution in [0.5, 0.6) is 0 Å². The molecule has 0 bridgehead atoms. The Morgan fingerprint density at radius 3 is 2.17 bits per heavy atom. The highest BCUT2D eigenvalue weighted by molar-refractivity contribution is 7.91. The first kappa shape index (κ1) is 28.7. The van der Waals surface area contributed by atoms with Crippen LogP contribution in [0, 0.1) is 5.41 Å². The van der Waals surface area contributed by atoms with Crippen molar-refractivity contribution in [3.8, 4) is 11.1 Å². The Bertz CT molecular complexity index is 1670. The second-order valence-electron chi connectivity index (χ2n) is 9.23. The molecule has 1 saturated heterocycles. The van der Waals surface area contributed by atoms with E-state index in [4.69, 9.17) is 21.0 Å². The van der Waals surface area contributed by atoms with Crippen molar-refractivity contribution in [2.45, 2.75) is 23.5 Å². The summed E-state index contributed by atoms with van der Waals surface area (Å²) < 4.78 is 53.6. The Kier molecular flexibility index (Phi) is 7.95. The van der Waals surface area contributed by atoms with Crippen molar-refractivity contribution in [1.82, 2.24) is 5.32 Å². The maximum Gasteiger partial charge on any atom is 0.413 e. The van der Waals surface area contributed by atoms with Crippen molar-refractivity contribution in [2.24, 2.45) is 10.9 Å². The van der Waals surface area contributed by atoms with Gasteiger partial charge in [-0.25, -0.2) is 26.8 Å². The smallest absolute Gasteiger partial charge is 0.413 e. The number of amides is 2. The highest BCUT2D eigenvalue weighted by Gasteiger charge is 2.42. The molecule has 1 heterocycles. The van der Waals surface area contributed by atoms with Gasteiger partial charge in [0, 0.05) is 35.2 Å². The first-order valence-corrected chi connectivity index (χ1v) is 15.3. The van der Waals surface area contributed by atoms with Gasteiger partial charge in [-0.15, -0.1) is 0 Å². The average molecular weight is 586 g/mol. The number of sulfone groups is 1. The molecule has 2 amide bonds. The number of hydrogen-bond acceptors (Lipinski definition) is 8. The van der Waals surface area contributed by atoms with Gasteiger partial charge >= 0.3 is 6.09 Å². The van der Waals surface area contributed by atoms with Crippen LogP contribution in [-0.4, -0.2) is 51.9 Å². The van der Waals surface area contributed by atoms with Crippen molar-refractivity contribution < 1.29 is 31.2 Å². The summed E-state index contributed by atoms with van der Waals surface area (Å²) in [7, 11) is -7.33. The van der Waals surface area contributed by atoms with Crippen molar-refractivity contribution in [3.05, 3.63) is 83.9 Å². The quantitative estimate of drug-likeness (QED) is 0.157. The number of carbonyl (C=O) groups excluding carboxylic acids is 2. The predicted molar refractivity (Wildman–Crippen MR) is 149 cm³/mol. The molecule has 0 saturated carbocycles. The van der Waals surface area contributed by atoms with Crippen LogP contribution in [0.15, 0.2) is 77.7 Å². The van der Waals surface area contributed by atoms with E-state index in [-0.39, 0.29) is 40.6 Å². The minimum atomic E-state index is -3.96. The first-order chi connectivity index (χ1) is 18.8. The van der Waals surface area contributed by atoms with Crippen molar-refractivity contribution >= 4 is 43.4 Å². The number of carbonyl (C=O) groups is 2. The summed E-state index contributed by atoms with van der Waals surface area (Å²) in [5.74, 6) is -1.46. The van der Waals surface area contributed by atoms with Gasteiger partial charge in [-0.2, -0.15) is 0 Å². The molecule has 3 aromatic rings. The van der Waals surface area contributed by atoms with Gasteiger partial charge in [0.25, 0.3) is 5.91 Å². The topological polar surface area (TPSA) is 212 Å². The van der Waals surface area contributed by atoms with E-state index in [2.05, 4.69) is 10.6 Å². The number of anilines is 1. The van der Waals surface area contributed by atoms with E-state index in [1.807, 2.05) is 0 Å². The molecule has 0 aliphatic carbocycles. The second-order valence-corrected chi connectivity index (χ2v) is 13.1. The fraction of sp³-hybridized carbons (Fsp3) is 0.192. The van der Waals surface area contributed by atoms with Gasteiger partial charge in [0.1, 0.15) is 5.84 Å². The van der Waals surface area contributed by atoms with Gasteiger partial charge in [-0.1, -0.05) is 42.5 Å². The molecule has 3 aromatic carbocycles. The Labute approximate surface area is 231 Å².